The summed E-state index contributed by atoms with van der Waals surface area (Å²) >= 11 is 0. The number of nitrogens with one attached hydrogen (secondary N) is 1. The lowest BCUT2D eigenvalue weighted by Gasteiger charge is -2.18. The topological polar surface area (TPSA) is 109 Å². The Balaban J connectivity index is 2.15. The van der Waals surface area contributed by atoms with Gasteiger partial charge in [0.2, 0.25) is 12.3 Å². The number of aromatic amines is 1. The van der Waals surface area contributed by atoms with Crippen LogP contribution in [0.4, 0.5) is 5.69 Å². The standard InChI is InChI=1S/C17H22N6O2/c1-4-17(22-20-13(3)15-8-9-19-21-15)25-10-14-12(2)6-5-7-16(14)23(18)11-24/h5-9,11H,4,10,18H2,1-3H3,(H,19,21)/b20-13+,22-17?. The molecule has 0 saturated heterocycles. The number of aryl methyl sites for hydroxylation is 1. The van der Waals surface area contributed by atoms with Crippen molar-refractivity contribution in [1.82, 2.24) is 10.2 Å². The summed E-state index contributed by atoms with van der Waals surface area (Å²) in [5.74, 6) is 6.19. The van der Waals surface area contributed by atoms with Gasteiger partial charge in [0.05, 0.1) is 17.1 Å². The molecule has 0 spiro atoms. The summed E-state index contributed by atoms with van der Waals surface area (Å²) in [6.07, 6.45) is 2.80. The second-order valence-corrected chi connectivity index (χ2v) is 5.38. The van der Waals surface area contributed by atoms with Crippen molar-refractivity contribution in [1.29, 1.82) is 0 Å². The van der Waals surface area contributed by atoms with Gasteiger partial charge in [0, 0.05) is 18.2 Å². The molecule has 8 heteroatoms. The van der Waals surface area contributed by atoms with E-state index in [1.54, 1.807) is 12.3 Å². The van der Waals surface area contributed by atoms with Gasteiger partial charge in [-0.25, -0.2) is 5.84 Å². The summed E-state index contributed by atoms with van der Waals surface area (Å²) < 4.78 is 5.78. The number of amides is 1. The highest BCUT2D eigenvalue weighted by Crippen LogP contribution is 2.22. The number of hydrogen-bond acceptors (Lipinski definition) is 6. The van der Waals surface area contributed by atoms with Crippen LogP contribution >= 0.6 is 0 Å². The van der Waals surface area contributed by atoms with Crippen molar-refractivity contribution >= 4 is 23.7 Å². The molecule has 25 heavy (non-hydrogen) atoms. The fraction of sp³-hybridized carbons (Fsp3) is 0.294. The molecule has 0 bridgehead atoms. The lowest BCUT2D eigenvalue weighted by Crippen LogP contribution is -2.30. The Labute approximate surface area is 146 Å². The second-order valence-electron chi connectivity index (χ2n) is 5.38. The van der Waals surface area contributed by atoms with E-state index >= 15 is 0 Å². The Morgan fingerprint density at radius 1 is 1.40 bits per heavy atom. The van der Waals surface area contributed by atoms with Crippen LogP contribution in [-0.2, 0) is 16.1 Å². The second kappa shape index (κ2) is 8.74. The SMILES string of the molecule is CCC(=N/N=C(\C)c1ccn[nH]1)OCc1c(C)cccc1N(N)C=O. The summed E-state index contributed by atoms with van der Waals surface area (Å²) in [5, 5.41) is 16.1. The van der Waals surface area contributed by atoms with E-state index < -0.39 is 0 Å². The van der Waals surface area contributed by atoms with E-state index in [2.05, 4.69) is 20.4 Å². The largest absolute Gasteiger partial charge is 0.475 e. The van der Waals surface area contributed by atoms with E-state index in [1.807, 2.05) is 39.0 Å². The third kappa shape index (κ3) is 4.74. The molecule has 132 valence electrons. The molecule has 0 atom stereocenters. The van der Waals surface area contributed by atoms with E-state index in [-0.39, 0.29) is 6.61 Å². The fourth-order valence-electron chi connectivity index (χ4n) is 2.17. The van der Waals surface area contributed by atoms with Crippen LogP contribution in [0.25, 0.3) is 0 Å². The average Bonchev–Trinajstić information content (AvgIpc) is 3.16. The molecule has 1 amide bonds. The van der Waals surface area contributed by atoms with Crippen molar-refractivity contribution in [2.45, 2.75) is 33.8 Å². The highest BCUT2D eigenvalue weighted by atomic mass is 16.5. The molecule has 0 aliphatic heterocycles. The summed E-state index contributed by atoms with van der Waals surface area (Å²) in [4.78, 5) is 11.0. The van der Waals surface area contributed by atoms with Crippen molar-refractivity contribution in [2.75, 3.05) is 5.01 Å². The number of carbonyl (C=O) groups excluding carboxylic acids is 1. The van der Waals surface area contributed by atoms with Crippen LogP contribution in [0.1, 0.15) is 37.1 Å². The average molecular weight is 342 g/mol. The molecule has 2 aromatic rings. The van der Waals surface area contributed by atoms with Crippen molar-refractivity contribution in [3.63, 3.8) is 0 Å². The van der Waals surface area contributed by atoms with Crippen molar-refractivity contribution in [2.24, 2.45) is 16.0 Å². The molecule has 0 unspecified atom stereocenters. The lowest BCUT2D eigenvalue weighted by atomic mass is 10.1. The number of nitrogens with zero attached hydrogens (tertiary/aromatic N) is 4. The summed E-state index contributed by atoms with van der Waals surface area (Å²) in [7, 11) is 0. The summed E-state index contributed by atoms with van der Waals surface area (Å²) in [6.45, 7) is 5.94. The van der Waals surface area contributed by atoms with Crippen molar-refractivity contribution in [3.05, 3.63) is 47.3 Å². The van der Waals surface area contributed by atoms with E-state index in [9.17, 15) is 4.79 Å². The maximum Gasteiger partial charge on any atom is 0.228 e. The smallest absolute Gasteiger partial charge is 0.228 e. The van der Waals surface area contributed by atoms with Gasteiger partial charge in [-0.1, -0.05) is 19.1 Å². The van der Waals surface area contributed by atoms with E-state index in [1.165, 1.54) is 0 Å². The lowest BCUT2D eigenvalue weighted by molar-refractivity contribution is -0.107. The van der Waals surface area contributed by atoms with Crippen LogP contribution in [0.2, 0.25) is 0 Å². The molecular formula is C17H22N6O2. The predicted octanol–water partition coefficient (Wildman–Crippen LogP) is 2.30. The third-order valence-corrected chi connectivity index (χ3v) is 3.66. The number of hydrazine groups is 1. The minimum atomic E-state index is 0.245. The number of ether oxygens (including phenoxy) is 1. The normalized spacial score (nSPS) is 12.2. The molecule has 1 aromatic carbocycles. The van der Waals surface area contributed by atoms with Gasteiger partial charge in [0.1, 0.15) is 6.61 Å². The number of anilines is 1. The predicted molar refractivity (Wildman–Crippen MR) is 97.2 cm³/mol. The Morgan fingerprint density at radius 3 is 2.84 bits per heavy atom. The summed E-state index contributed by atoms with van der Waals surface area (Å²) in [5.41, 5.74) is 3.90. The minimum absolute atomic E-state index is 0.245. The van der Waals surface area contributed by atoms with E-state index in [0.717, 1.165) is 21.8 Å². The number of aromatic nitrogens is 2. The van der Waals surface area contributed by atoms with Gasteiger partial charge in [-0.05, 0) is 31.5 Å². The van der Waals surface area contributed by atoms with Gasteiger partial charge in [-0.3, -0.25) is 14.9 Å². The molecule has 2 rings (SSSR count). The Morgan fingerprint density at radius 2 is 2.20 bits per heavy atom. The Hall–Kier alpha value is -3.00. The van der Waals surface area contributed by atoms with Crippen LogP contribution in [-0.4, -0.2) is 28.2 Å². The van der Waals surface area contributed by atoms with Gasteiger partial charge in [-0.15, -0.1) is 5.10 Å². The summed E-state index contributed by atoms with van der Waals surface area (Å²) in [6, 6.07) is 7.35. The molecule has 8 nitrogen and oxygen atoms in total. The molecule has 0 saturated carbocycles. The number of hydrogen-bond donors (Lipinski definition) is 2. The van der Waals surface area contributed by atoms with Gasteiger partial charge >= 0.3 is 0 Å². The number of nitrogens with two attached hydrogens (primary N) is 1. The molecule has 1 heterocycles. The number of carbonyl (C=O) groups is 1. The van der Waals surface area contributed by atoms with Crippen LogP contribution in [0.15, 0.2) is 40.7 Å². The maximum atomic E-state index is 11.0. The monoisotopic (exact) mass is 342 g/mol. The molecule has 3 N–H and O–H groups in total. The molecule has 0 fully saturated rings. The van der Waals surface area contributed by atoms with Crippen molar-refractivity contribution < 1.29 is 9.53 Å². The van der Waals surface area contributed by atoms with Crippen LogP contribution in [0.5, 0.6) is 0 Å². The first-order valence-corrected chi connectivity index (χ1v) is 7.88. The van der Waals surface area contributed by atoms with Crippen LogP contribution < -0.4 is 10.9 Å². The van der Waals surface area contributed by atoms with Gasteiger partial charge < -0.3 is 4.74 Å². The minimum Gasteiger partial charge on any atom is -0.475 e. The Kier molecular flexibility index (Phi) is 6.41. The van der Waals surface area contributed by atoms with Crippen molar-refractivity contribution in [3.8, 4) is 0 Å². The van der Waals surface area contributed by atoms with Crippen LogP contribution in [0.3, 0.4) is 0 Å². The first-order valence-electron chi connectivity index (χ1n) is 7.88. The zero-order chi connectivity index (χ0) is 18.2. The number of benzene rings is 1. The first-order chi connectivity index (χ1) is 12.1. The van der Waals surface area contributed by atoms with Gasteiger partial charge in [0.25, 0.3) is 0 Å². The number of rotatable bonds is 7. The molecule has 0 aliphatic rings. The molecule has 0 radical (unpaired) electrons. The number of H-pyrrole nitrogens is 1. The highest BCUT2D eigenvalue weighted by Gasteiger charge is 2.11. The van der Waals surface area contributed by atoms with Crippen LogP contribution in [0, 0.1) is 6.92 Å². The highest BCUT2D eigenvalue weighted by molar-refractivity contribution is 5.97. The molecular weight excluding hydrogens is 320 g/mol. The van der Waals surface area contributed by atoms with Gasteiger partial charge in [-0.2, -0.15) is 10.2 Å². The van der Waals surface area contributed by atoms with E-state index in [0.29, 0.717) is 30.1 Å². The zero-order valence-corrected chi connectivity index (χ0v) is 14.6. The zero-order valence-electron chi connectivity index (χ0n) is 14.6. The fourth-order valence-corrected chi connectivity index (χ4v) is 2.17. The first kappa shape index (κ1) is 18.3. The molecule has 1 aromatic heterocycles. The van der Waals surface area contributed by atoms with E-state index in [4.69, 9.17) is 10.6 Å². The molecule has 0 aliphatic carbocycles. The maximum absolute atomic E-state index is 11.0. The third-order valence-electron chi connectivity index (χ3n) is 3.66. The van der Waals surface area contributed by atoms with Gasteiger partial charge in [0.15, 0.2) is 0 Å². The quantitative estimate of drug-likeness (QED) is 0.201. The Bertz CT molecular complexity index is 767.